The molecule has 0 atom stereocenters. The van der Waals surface area contributed by atoms with Crippen molar-refractivity contribution in [2.24, 2.45) is 0 Å². The monoisotopic (exact) mass is 320 g/mol. The third-order valence-corrected chi connectivity index (χ3v) is 1.39. The first-order chi connectivity index (χ1) is 5.07. The van der Waals surface area contributed by atoms with Gasteiger partial charge in [0.2, 0.25) is 5.83 Å². The highest BCUT2D eigenvalue weighted by Gasteiger charge is 2.44. The fourth-order valence-electron chi connectivity index (χ4n) is 0.249. The maximum Gasteiger partial charge on any atom is 0.445 e. The van der Waals surface area contributed by atoms with Gasteiger partial charge < -0.3 is 0 Å². The maximum atomic E-state index is 12.2. The zero-order chi connectivity index (χ0) is 10.2. The molecule has 12 heavy (non-hydrogen) atoms. The third kappa shape index (κ3) is 3.34. The van der Waals surface area contributed by atoms with Gasteiger partial charge in [0.05, 0.1) is 0 Å². The van der Waals surface area contributed by atoms with E-state index in [1.165, 1.54) is 0 Å². The molecule has 0 aromatic carbocycles. The largest absolute Gasteiger partial charge is 0.445 e. The molecule has 0 aliphatic carbocycles. The van der Waals surface area contributed by atoms with E-state index in [9.17, 15) is 26.3 Å². The van der Waals surface area contributed by atoms with Crippen molar-refractivity contribution < 1.29 is 26.3 Å². The molecule has 0 saturated heterocycles. The van der Waals surface area contributed by atoms with Crippen LogP contribution >= 0.6 is 31.9 Å². The fourth-order valence-corrected chi connectivity index (χ4v) is 0.597. The number of hydrogen-bond acceptors (Lipinski definition) is 0. The van der Waals surface area contributed by atoms with E-state index in [0.29, 0.717) is 0 Å². The minimum atomic E-state index is -5.52. The van der Waals surface area contributed by atoms with Gasteiger partial charge in [-0.25, -0.2) is 8.78 Å². The van der Waals surface area contributed by atoms with E-state index in [0.717, 1.165) is 0 Å². The lowest BCUT2D eigenvalue weighted by Gasteiger charge is -2.10. The fraction of sp³-hybridized carbons (Fsp3) is 0.500. The molecule has 72 valence electrons. The second-order valence-corrected chi connectivity index (χ2v) is 4.87. The van der Waals surface area contributed by atoms with Crippen LogP contribution < -0.4 is 0 Å². The van der Waals surface area contributed by atoms with Crippen molar-refractivity contribution in [1.29, 1.82) is 0 Å². The molecule has 0 nitrogen and oxygen atoms in total. The van der Waals surface area contributed by atoms with Gasteiger partial charge in [-0.05, 0) is 31.9 Å². The molecule has 0 rings (SSSR count). The van der Waals surface area contributed by atoms with E-state index in [-0.39, 0.29) is 0 Å². The molecule has 0 bridgehead atoms. The van der Waals surface area contributed by atoms with Crippen LogP contribution in [0, 0.1) is 0 Å². The molecule has 0 radical (unpaired) electrons. The molecule has 8 heteroatoms. The molecule has 0 saturated carbocycles. The van der Waals surface area contributed by atoms with Crippen molar-refractivity contribution in [1.82, 2.24) is 0 Å². The predicted octanol–water partition coefficient (Wildman–Crippen LogP) is 4.11. The van der Waals surface area contributed by atoms with E-state index < -0.39 is 21.3 Å². The third-order valence-electron chi connectivity index (χ3n) is 0.690. The van der Waals surface area contributed by atoms with E-state index in [1.54, 1.807) is 0 Å². The van der Waals surface area contributed by atoms with Crippen LogP contribution in [-0.2, 0) is 0 Å². The van der Waals surface area contributed by atoms with Crippen LogP contribution in [0.5, 0.6) is 0 Å². The lowest BCUT2D eigenvalue weighted by Crippen LogP contribution is -2.15. The Morgan fingerprint density at radius 2 is 1.17 bits per heavy atom. The number of rotatable bonds is 1. The predicted molar refractivity (Wildman–Crippen MR) is 37.0 cm³/mol. The highest BCUT2D eigenvalue weighted by atomic mass is 79.9. The topological polar surface area (TPSA) is 0 Å². The van der Waals surface area contributed by atoms with Gasteiger partial charge in [-0.2, -0.15) is 17.6 Å². The van der Waals surface area contributed by atoms with Crippen molar-refractivity contribution in [2.75, 3.05) is 0 Å². The summed E-state index contributed by atoms with van der Waals surface area (Å²) in [5, 5.41) is 0. The maximum absolute atomic E-state index is 12.2. The molecular formula is C4Br2F6. The first-order valence-electron chi connectivity index (χ1n) is 2.26. The molecule has 0 spiro atoms. The Labute approximate surface area is 79.9 Å². The van der Waals surface area contributed by atoms with Crippen molar-refractivity contribution in [3.05, 3.63) is 11.7 Å². The Bertz CT molecular complexity index is 177. The molecular weight excluding hydrogens is 322 g/mol. The van der Waals surface area contributed by atoms with Gasteiger partial charge in [0, 0.05) is 0 Å². The highest BCUT2D eigenvalue weighted by molar-refractivity contribution is 9.25. The van der Waals surface area contributed by atoms with Crippen LogP contribution in [0.2, 0.25) is 0 Å². The molecule has 0 fully saturated rings. The quantitative estimate of drug-likeness (QED) is 0.503. The zero-order valence-electron chi connectivity index (χ0n) is 5.02. The second-order valence-electron chi connectivity index (χ2n) is 1.62. The summed E-state index contributed by atoms with van der Waals surface area (Å²) in [5.41, 5.74) is 0. The highest BCUT2D eigenvalue weighted by Crippen LogP contribution is 2.42. The van der Waals surface area contributed by atoms with Crippen LogP contribution in [0.4, 0.5) is 26.3 Å². The Balaban J connectivity index is 4.96. The van der Waals surface area contributed by atoms with E-state index in [1.807, 2.05) is 31.9 Å². The normalized spacial score (nSPS) is 16.0. The summed E-state index contributed by atoms with van der Waals surface area (Å²) in [7, 11) is 0. The minimum Gasteiger partial charge on any atom is -0.210 e. The van der Waals surface area contributed by atoms with Gasteiger partial charge >= 0.3 is 6.18 Å². The van der Waals surface area contributed by atoms with E-state index >= 15 is 0 Å². The van der Waals surface area contributed by atoms with Crippen LogP contribution in [0.15, 0.2) is 11.7 Å². The Hall–Kier alpha value is 0.280. The van der Waals surface area contributed by atoms with Crippen molar-refractivity contribution in [2.45, 2.75) is 9.66 Å². The van der Waals surface area contributed by atoms with Crippen LogP contribution in [0.1, 0.15) is 0 Å². The van der Waals surface area contributed by atoms with Crippen molar-refractivity contribution in [3.63, 3.8) is 0 Å². The number of alkyl halides is 6. The molecule has 0 N–H and O–H groups in total. The Morgan fingerprint density at radius 3 is 1.25 bits per heavy atom. The smallest absolute Gasteiger partial charge is 0.210 e. The molecule has 0 unspecified atom stereocenters. The SMILES string of the molecule is F/C(=C(/F)C(F)(Br)Br)C(F)(F)F. The van der Waals surface area contributed by atoms with Crippen LogP contribution in [-0.4, -0.2) is 9.66 Å². The summed E-state index contributed by atoms with van der Waals surface area (Å²) in [6.07, 6.45) is -5.52. The van der Waals surface area contributed by atoms with Gasteiger partial charge in [-0.15, -0.1) is 0 Å². The van der Waals surface area contributed by atoms with Crippen LogP contribution in [0.25, 0.3) is 0 Å². The molecule has 0 aliphatic heterocycles. The van der Waals surface area contributed by atoms with Gasteiger partial charge in [0.1, 0.15) is 0 Å². The van der Waals surface area contributed by atoms with Gasteiger partial charge in [-0.3, -0.25) is 0 Å². The summed E-state index contributed by atoms with van der Waals surface area (Å²) in [6, 6.07) is 0. The summed E-state index contributed by atoms with van der Waals surface area (Å²) >= 11 is 3.63. The summed E-state index contributed by atoms with van der Waals surface area (Å²) in [4.78, 5) is 0. The molecule has 0 aromatic heterocycles. The Morgan fingerprint density at radius 1 is 0.833 bits per heavy atom. The van der Waals surface area contributed by atoms with E-state index in [2.05, 4.69) is 0 Å². The van der Waals surface area contributed by atoms with Crippen molar-refractivity contribution in [3.8, 4) is 0 Å². The van der Waals surface area contributed by atoms with Gasteiger partial charge in [0.25, 0.3) is 3.49 Å². The first kappa shape index (κ1) is 12.3. The average Bonchev–Trinajstić information content (AvgIpc) is 1.80. The average molecular weight is 322 g/mol. The lowest BCUT2D eigenvalue weighted by atomic mass is 10.4. The van der Waals surface area contributed by atoms with Crippen LogP contribution in [0.3, 0.4) is 0 Å². The Kier molecular flexibility index (Phi) is 3.65. The van der Waals surface area contributed by atoms with Gasteiger partial charge in [0.15, 0.2) is 5.83 Å². The number of hydrogen-bond donors (Lipinski definition) is 0. The zero-order valence-corrected chi connectivity index (χ0v) is 8.20. The lowest BCUT2D eigenvalue weighted by molar-refractivity contribution is -0.111. The number of allylic oxidation sites excluding steroid dienone is 2. The minimum absolute atomic E-state index is 1.81. The molecule has 0 aromatic rings. The summed E-state index contributed by atoms with van der Waals surface area (Å²) in [5.74, 6) is -5.71. The number of halogens is 8. The molecule has 0 amide bonds. The van der Waals surface area contributed by atoms with E-state index in [4.69, 9.17) is 0 Å². The summed E-state index contributed by atoms with van der Waals surface area (Å²) < 4.78 is 66.9. The first-order valence-corrected chi connectivity index (χ1v) is 3.85. The van der Waals surface area contributed by atoms with Crippen molar-refractivity contribution >= 4 is 31.9 Å². The second kappa shape index (κ2) is 3.57. The molecule has 0 heterocycles. The van der Waals surface area contributed by atoms with Gasteiger partial charge in [-0.1, -0.05) is 0 Å². The molecule has 0 aliphatic rings. The standard InChI is InChI=1S/C4Br2F6/c5-3(6,9)1(7)2(8)4(10,11)12/b2-1+. The summed E-state index contributed by atoms with van der Waals surface area (Å²) in [6.45, 7) is 0.